The molecular weight excluding hydrogens is 313 g/mol. The van der Waals surface area contributed by atoms with E-state index >= 15 is 0 Å². The van der Waals surface area contributed by atoms with Gasteiger partial charge in [0.15, 0.2) is 0 Å². The van der Waals surface area contributed by atoms with Gasteiger partial charge in [-0.1, -0.05) is 12.1 Å². The summed E-state index contributed by atoms with van der Waals surface area (Å²) in [7, 11) is 0. The van der Waals surface area contributed by atoms with Gasteiger partial charge in [0.05, 0.1) is 5.56 Å². The molecule has 22 heavy (non-hydrogen) atoms. The largest absolute Gasteiger partial charge is 0.416 e. The first kappa shape index (κ1) is 17.6. The van der Waals surface area contributed by atoms with Gasteiger partial charge in [-0.25, -0.2) is 0 Å². The van der Waals surface area contributed by atoms with E-state index in [1.54, 1.807) is 12.1 Å². The molecule has 2 aliphatic rings. The highest BCUT2D eigenvalue weighted by molar-refractivity contribution is 5.85. The molecule has 0 radical (unpaired) electrons. The van der Waals surface area contributed by atoms with Crippen LogP contribution in [-0.2, 0) is 6.18 Å². The number of hydrogen-bond donors (Lipinski definition) is 1. The van der Waals surface area contributed by atoms with Crippen LogP contribution in [0.15, 0.2) is 24.3 Å². The van der Waals surface area contributed by atoms with Crippen LogP contribution in [-0.4, -0.2) is 30.6 Å². The summed E-state index contributed by atoms with van der Waals surface area (Å²) in [5, 5.41) is 3.53. The van der Waals surface area contributed by atoms with Gasteiger partial charge in [0.1, 0.15) is 0 Å². The minimum absolute atomic E-state index is 0. The van der Waals surface area contributed by atoms with Gasteiger partial charge < -0.3 is 5.32 Å². The SMILES string of the molecule is CC(c1ccc(C(F)(F)F)cc1)N1CCC2NCCC2C1.Cl. The first-order valence-corrected chi connectivity index (χ1v) is 7.60. The Morgan fingerprint density at radius 2 is 1.86 bits per heavy atom. The van der Waals surface area contributed by atoms with Crippen LogP contribution in [0.3, 0.4) is 0 Å². The maximum atomic E-state index is 12.6. The molecule has 6 heteroatoms. The van der Waals surface area contributed by atoms with Crippen LogP contribution in [0.5, 0.6) is 0 Å². The molecule has 0 saturated carbocycles. The minimum atomic E-state index is -4.25. The van der Waals surface area contributed by atoms with Gasteiger partial charge in [0.25, 0.3) is 0 Å². The van der Waals surface area contributed by atoms with Crippen molar-refractivity contribution < 1.29 is 13.2 Å². The Balaban J connectivity index is 0.00000176. The quantitative estimate of drug-likeness (QED) is 0.883. The second-order valence-corrected chi connectivity index (χ2v) is 6.19. The lowest BCUT2D eigenvalue weighted by molar-refractivity contribution is -0.137. The lowest BCUT2D eigenvalue weighted by Crippen LogP contribution is -2.45. The molecule has 3 atom stereocenters. The van der Waals surface area contributed by atoms with E-state index in [4.69, 9.17) is 0 Å². The highest BCUT2D eigenvalue weighted by atomic mass is 35.5. The molecule has 0 amide bonds. The van der Waals surface area contributed by atoms with Crippen molar-refractivity contribution in [2.75, 3.05) is 19.6 Å². The summed E-state index contributed by atoms with van der Waals surface area (Å²) >= 11 is 0. The zero-order valence-corrected chi connectivity index (χ0v) is 13.4. The first-order chi connectivity index (χ1) is 9.95. The van der Waals surface area contributed by atoms with Crippen LogP contribution >= 0.6 is 12.4 Å². The van der Waals surface area contributed by atoms with Crippen LogP contribution < -0.4 is 5.32 Å². The normalized spacial score (nSPS) is 27.1. The lowest BCUT2D eigenvalue weighted by Gasteiger charge is -2.38. The second kappa shape index (κ2) is 6.77. The third-order valence-electron chi connectivity index (χ3n) is 4.96. The summed E-state index contributed by atoms with van der Waals surface area (Å²) in [5.74, 6) is 0.690. The zero-order chi connectivity index (χ0) is 15.0. The molecule has 0 aromatic heterocycles. The fourth-order valence-electron chi connectivity index (χ4n) is 3.59. The van der Waals surface area contributed by atoms with Crippen LogP contribution in [0.4, 0.5) is 13.2 Å². The van der Waals surface area contributed by atoms with Crippen molar-refractivity contribution in [3.8, 4) is 0 Å². The van der Waals surface area contributed by atoms with E-state index in [1.807, 2.05) is 0 Å². The Kier molecular flexibility index (Phi) is 5.41. The molecule has 2 aliphatic heterocycles. The van der Waals surface area contributed by atoms with Crippen molar-refractivity contribution in [3.63, 3.8) is 0 Å². The molecule has 1 aromatic rings. The number of fused-ring (bicyclic) bond motifs is 1. The summed E-state index contributed by atoms with van der Waals surface area (Å²) in [6.45, 7) is 5.24. The van der Waals surface area contributed by atoms with E-state index in [-0.39, 0.29) is 18.4 Å². The van der Waals surface area contributed by atoms with Gasteiger partial charge in [-0.3, -0.25) is 4.90 Å². The van der Waals surface area contributed by atoms with Crippen molar-refractivity contribution in [3.05, 3.63) is 35.4 Å². The summed E-state index contributed by atoms with van der Waals surface area (Å²) in [4.78, 5) is 2.40. The fraction of sp³-hybridized carbons (Fsp3) is 0.625. The van der Waals surface area contributed by atoms with E-state index in [0.717, 1.165) is 31.6 Å². The molecule has 2 heterocycles. The van der Waals surface area contributed by atoms with E-state index < -0.39 is 11.7 Å². The number of halogens is 4. The predicted octanol–water partition coefficient (Wildman–Crippen LogP) is 3.87. The van der Waals surface area contributed by atoms with Gasteiger partial charge >= 0.3 is 6.18 Å². The van der Waals surface area contributed by atoms with Gasteiger partial charge in [-0.2, -0.15) is 13.2 Å². The molecular formula is C16H22ClF3N2. The van der Waals surface area contributed by atoms with Crippen molar-refractivity contribution in [2.45, 2.75) is 38.0 Å². The van der Waals surface area contributed by atoms with Crippen LogP contribution in [0.25, 0.3) is 0 Å². The van der Waals surface area contributed by atoms with Crippen molar-refractivity contribution in [1.82, 2.24) is 10.2 Å². The number of hydrogen-bond acceptors (Lipinski definition) is 2. The molecule has 2 fully saturated rings. The molecule has 3 unspecified atom stereocenters. The Hall–Kier alpha value is -0.780. The van der Waals surface area contributed by atoms with Gasteiger partial charge in [0, 0.05) is 25.2 Å². The monoisotopic (exact) mass is 334 g/mol. The summed E-state index contributed by atoms with van der Waals surface area (Å²) in [6, 6.07) is 6.43. The Labute approximate surface area is 135 Å². The molecule has 3 rings (SSSR count). The number of likely N-dealkylation sites (tertiary alicyclic amines) is 1. The number of alkyl halides is 3. The molecule has 124 valence electrons. The maximum Gasteiger partial charge on any atom is 0.416 e. The highest BCUT2D eigenvalue weighted by Gasteiger charge is 2.35. The van der Waals surface area contributed by atoms with E-state index in [2.05, 4.69) is 17.1 Å². The number of nitrogens with one attached hydrogen (secondary N) is 1. The Bertz CT molecular complexity index is 489. The Morgan fingerprint density at radius 1 is 1.18 bits per heavy atom. The van der Waals surface area contributed by atoms with E-state index in [0.29, 0.717) is 12.0 Å². The van der Waals surface area contributed by atoms with Crippen molar-refractivity contribution in [1.29, 1.82) is 0 Å². The predicted molar refractivity (Wildman–Crippen MR) is 83.2 cm³/mol. The van der Waals surface area contributed by atoms with Gasteiger partial charge in [-0.15, -0.1) is 12.4 Å². The van der Waals surface area contributed by atoms with Gasteiger partial charge in [0.2, 0.25) is 0 Å². The van der Waals surface area contributed by atoms with Crippen LogP contribution in [0, 0.1) is 5.92 Å². The topological polar surface area (TPSA) is 15.3 Å². The second-order valence-electron chi connectivity index (χ2n) is 6.19. The maximum absolute atomic E-state index is 12.6. The molecule has 0 aliphatic carbocycles. The lowest BCUT2D eigenvalue weighted by atomic mass is 9.91. The number of rotatable bonds is 2. The van der Waals surface area contributed by atoms with Crippen LogP contribution in [0.2, 0.25) is 0 Å². The van der Waals surface area contributed by atoms with E-state index in [9.17, 15) is 13.2 Å². The smallest absolute Gasteiger partial charge is 0.314 e. The molecule has 1 N–H and O–H groups in total. The third-order valence-corrected chi connectivity index (χ3v) is 4.96. The minimum Gasteiger partial charge on any atom is -0.314 e. The fourth-order valence-corrected chi connectivity index (χ4v) is 3.59. The molecule has 2 saturated heterocycles. The van der Waals surface area contributed by atoms with E-state index in [1.165, 1.54) is 18.6 Å². The summed E-state index contributed by atoms with van der Waals surface area (Å²) in [6.07, 6.45) is -1.91. The average molecular weight is 335 g/mol. The zero-order valence-electron chi connectivity index (χ0n) is 12.6. The third kappa shape index (κ3) is 3.58. The standard InChI is InChI=1S/C16H21F3N2.ClH/c1-11(12-2-4-14(5-3-12)16(17,18)19)21-9-7-15-13(10-21)6-8-20-15;/h2-5,11,13,15,20H,6-10H2,1H3;1H. The number of benzene rings is 1. The highest BCUT2D eigenvalue weighted by Crippen LogP contribution is 2.33. The molecule has 0 spiro atoms. The summed E-state index contributed by atoms with van der Waals surface area (Å²) in [5.41, 5.74) is 0.393. The Morgan fingerprint density at radius 3 is 2.50 bits per heavy atom. The first-order valence-electron chi connectivity index (χ1n) is 7.60. The summed E-state index contributed by atoms with van der Waals surface area (Å²) < 4.78 is 37.8. The number of nitrogens with zero attached hydrogens (tertiary/aromatic N) is 1. The average Bonchev–Trinajstić information content (AvgIpc) is 2.93. The van der Waals surface area contributed by atoms with Gasteiger partial charge in [-0.05, 0) is 49.9 Å². The van der Waals surface area contributed by atoms with Crippen molar-refractivity contribution >= 4 is 12.4 Å². The molecule has 0 bridgehead atoms. The molecule has 1 aromatic carbocycles. The molecule has 2 nitrogen and oxygen atoms in total. The number of piperidine rings is 1. The van der Waals surface area contributed by atoms with Crippen molar-refractivity contribution in [2.24, 2.45) is 5.92 Å². The van der Waals surface area contributed by atoms with Crippen LogP contribution in [0.1, 0.15) is 36.9 Å².